The van der Waals surface area contributed by atoms with Gasteiger partial charge in [-0.05, 0) is 41.1 Å². The molecule has 0 aliphatic rings. The quantitative estimate of drug-likeness (QED) is 0.830. The van der Waals surface area contributed by atoms with E-state index in [9.17, 15) is 18.0 Å². The minimum atomic E-state index is -4.50. The highest BCUT2D eigenvalue weighted by Crippen LogP contribution is 2.32. The number of amides is 1. The maximum Gasteiger partial charge on any atom is 0.416 e. The van der Waals surface area contributed by atoms with Crippen molar-refractivity contribution in [3.8, 4) is 0 Å². The number of halogens is 4. The van der Waals surface area contributed by atoms with Crippen LogP contribution >= 0.6 is 28.1 Å². The van der Waals surface area contributed by atoms with Gasteiger partial charge in [-0.1, -0.05) is 12.2 Å². The molecule has 0 heterocycles. The SMILES string of the molecule is CCN(CC(N)=S)C(=O)c1cc(C(F)(F)F)ccc1Br. The molecular formula is C12H12BrF3N2OS. The third-order valence-electron chi connectivity index (χ3n) is 2.54. The second-order valence-corrected chi connectivity index (χ2v) is 5.36. The number of nitrogens with two attached hydrogens (primary N) is 1. The molecule has 3 nitrogen and oxygen atoms in total. The number of likely N-dealkylation sites (N-methyl/N-ethyl adjacent to an activating group) is 1. The molecule has 0 aliphatic heterocycles. The topological polar surface area (TPSA) is 46.3 Å². The van der Waals surface area contributed by atoms with E-state index >= 15 is 0 Å². The molecule has 0 fully saturated rings. The van der Waals surface area contributed by atoms with Gasteiger partial charge in [-0.15, -0.1) is 0 Å². The van der Waals surface area contributed by atoms with E-state index in [2.05, 4.69) is 15.9 Å². The summed E-state index contributed by atoms with van der Waals surface area (Å²) in [6, 6.07) is 2.92. The van der Waals surface area contributed by atoms with Crippen molar-refractivity contribution >= 4 is 39.0 Å². The van der Waals surface area contributed by atoms with Crippen molar-refractivity contribution in [3.63, 3.8) is 0 Å². The Hall–Kier alpha value is -1.15. The molecule has 0 atom stereocenters. The Bertz CT molecular complexity index is 534. The molecule has 2 N–H and O–H groups in total. The highest BCUT2D eigenvalue weighted by Gasteiger charge is 2.32. The zero-order chi connectivity index (χ0) is 15.5. The standard InChI is InChI=1S/C12H12BrF3N2OS/c1-2-18(6-10(17)20)11(19)8-5-7(12(14,15)16)3-4-9(8)13/h3-5H,2,6H2,1H3,(H2,17,20). The smallest absolute Gasteiger partial charge is 0.392 e. The molecule has 0 saturated carbocycles. The Morgan fingerprint density at radius 3 is 2.50 bits per heavy atom. The zero-order valence-electron chi connectivity index (χ0n) is 10.5. The molecular weight excluding hydrogens is 357 g/mol. The van der Waals surface area contributed by atoms with Crippen LogP contribution in [-0.2, 0) is 6.18 Å². The predicted molar refractivity (Wildman–Crippen MR) is 77.5 cm³/mol. The van der Waals surface area contributed by atoms with Crippen LogP contribution in [0.25, 0.3) is 0 Å². The number of rotatable bonds is 4. The average Bonchev–Trinajstić information content (AvgIpc) is 2.34. The van der Waals surface area contributed by atoms with Crippen molar-refractivity contribution in [1.29, 1.82) is 0 Å². The number of hydrogen-bond acceptors (Lipinski definition) is 2. The van der Waals surface area contributed by atoms with Gasteiger partial charge >= 0.3 is 6.18 Å². The summed E-state index contributed by atoms with van der Waals surface area (Å²) in [4.78, 5) is 13.6. The normalized spacial score (nSPS) is 11.2. The van der Waals surface area contributed by atoms with Crippen LogP contribution in [0.5, 0.6) is 0 Å². The van der Waals surface area contributed by atoms with E-state index in [1.807, 2.05) is 0 Å². The van der Waals surface area contributed by atoms with E-state index in [1.165, 1.54) is 11.0 Å². The summed E-state index contributed by atoms with van der Waals surface area (Å²) in [6.45, 7) is 2.00. The van der Waals surface area contributed by atoms with Gasteiger partial charge in [0.15, 0.2) is 0 Å². The number of nitrogens with zero attached hydrogens (tertiary/aromatic N) is 1. The van der Waals surface area contributed by atoms with E-state index in [0.29, 0.717) is 6.54 Å². The molecule has 0 radical (unpaired) electrons. The Morgan fingerprint density at radius 1 is 1.45 bits per heavy atom. The first-order valence-corrected chi connectivity index (χ1v) is 6.81. The summed E-state index contributed by atoms with van der Waals surface area (Å²) in [5.41, 5.74) is 4.42. The van der Waals surface area contributed by atoms with Gasteiger partial charge in [-0.3, -0.25) is 4.79 Å². The lowest BCUT2D eigenvalue weighted by atomic mass is 10.1. The van der Waals surface area contributed by atoms with Crippen LogP contribution in [0.3, 0.4) is 0 Å². The summed E-state index contributed by atoms with van der Waals surface area (Å²) in [5, 5.41) is 0. The summed E-state index contributed by atoms with van der Waals surface area (Å²) in [6.07, 6.45) is -4.50. The van der Waals surface area contributed by atoms with Crippen molar-refractivity contribution in [3.05, 3.63) is 33.8 Å². The molecule has 1 aromatic carbocycles. The maximum absolute atomic E-state index is 12.7. The molecule has 1 amide bonds. The number of hydrogen-bond donors (Lipinski definition) is 1. The Balaban J connectivity index is 3.17. The Morgan fingerprint density at radius 2 is 2.05 bits per heavy atom. The van der Waals surface area contributed by atoms with Crippen LogP contribution < -0.4 is 5.73 Å². The molecule has 0 aromatic heterocycles. The third-order valence-corrected chi connectivity index (χ3v) is 3.36. The summed E-state index contributed by atoms with van der Waals surface area (Å²) in [5.74, 6) is -0.557. The molecule has 1 rings (SSSR count). The summed E-state index contributed by atoms with van der Waals surface area (Å²) < 4.78 is 38.3. The molecule has 0 bridgehead atoms. The Labute approximate surface area is 128 Å². The molecule has 0 unspecified atom stereocenters. The summed E-state index contributed by atoms with van der Waals surface area (Å²) in [7, 11) is 0. The second kappa shape index (κ2) is 6.53. The fourth-order valence-corrected chi connectivity index (χ4v) is 2.12. The first-order chi connectivity index (χ1) is 9.16. The van der Waals surface area contributed by atoms with E-state index in [4.69, 9.17) is 18.0 Å². The summed E-state index contributed by atoms with van der Waals surface area (Å²) >= 11 is 7.80. The fourth-order valence-electron chi connectivity index (χ4n) is 1.55. The van der Waals surface area contributed by atoms with Gasteiger partial charge in [0, 0.05) is 11.0 Å². The van der Waals surface area contributed by atoms with Crippen LogP contribution in [0.1, 0.15) is 22.8 Å². The van der Waals surface area contributed by atoms with Crippen LogP contribution in [0.2, 0.25) is 0 Å². The highest BCUT2D eigenvalue weighted by atomic mass is 79.9. The average molecular weight is 369 g/mol. The van der Waals surface area contributed by atoms with Gasteiger partial charge in [0.25, 0.3) is 5.91 Å². The van der Waals surface area contributed by atoms with E-state index in [0.717, 1.165) is 12.1 Å². The first-order valence-electron chi connectivity index (χ1n) is 5.61. The Kier molecular flexibility index (Phi) is 5.52. The maximum atomic E-state index is 12.7. The number of carbonyl (C=O) groups is 1. The highest BCUT2D eigenvalue weighted by molar-refractivity contribution is 9.10. The number of carbonyl (C=O) groups excluding carboxylic acids is 1. The second-order valence-electron chi connectivity index (χ2n) is 3.98. The molecule has 1 aromatic rings. The number of benzene rings is 1. The van der Waals surface area contributed by atoms with Crippen molar-refractivity contribution in [2.24, 2.45) is 5.73 Å². The van der Waals surface area contributed by atoms with Crippen LogP contribution in [0.4, 0.5) is 13.2 Å². The molecule has 0 spiro atoms. The lowest BCUT2D eigenvalue weighted by Crippen LogP contribution is -2.37. The van der Waals surface area contributed by atoms with Gasteiger partial charge in [0.2, 0.25) is 0 Å². The van der Waals surface area contributed by atoms with E-state index in [-0.39, 0.29) is 21.6 Å². The van der Waals surface area contributed by atoms with Gasteiger partial charge in [-0.2, -0.15) is 13.2 Å². The van der Waals surface area contributed by atoms with Crippen molar-refractivity contribution in [2.75, 3.05) is 13.1 Å². The van der Waals surface area contributed by atoms with Crippen molar-refractivity contribution < 1.29 is 18.0 Å². The van der Waals surface area contributed by atoms with Crippen LogP contribution in [0.15, 0.2) is 22.7 Å². The largest absolute Gasteiger partial charge is 0.416 e. The first kappa shape index (κ1) is 16.9. The van der Waals surface area contributed by atoms with Gasteiger partial charge in [0.05, 0.1) is 22.7 Å². The van der Waals surface area contributed by atoms with E-state index in [1.54, 1.807) is 6.92 Å². The van der Waals surface area contributed by atoms with Crippen molar-refractivity contribution in [2.45, 2.75) is 13.1 Å². The van der Waals surface area contributed by atoms with Crippen LogP contribution in [-0.4, -0.2) is 28.9 Å². The minimum absolute atomic E-state index is 0.0212. The van der Waals surface area contributed by atoms with Gasteiger partial charge in [0.1, 0.15) is 0 Å². The van der Waals surface area contributed by atoms with Crippen molar-refractivity contribution in [1.82, 2.24) is 4.90 Å². The lowest BCUT2D eigenvalue weighted by molar-refractivity contribution is -0.137. The molecule has 20 heavy (non-hydrogen) atoms. The predicted octanol–water partition coefficient (Wildman–Crippen LogP) is 3.22. The van der Waals surface area contributed by atoms with E-state index < -0.39 is 17.6 Å². The van der Waals surface area contributed by atoms with Crippen LogP contribution in [0, 0.1) is 0 Å². The van der Waals surface area contributed by atoms with Gasteiger partial charge in [-0.25, -0.2) is 0 Å². The molecule has 0 saturated heterocycles. The lowest BCUT2D eigenvalue weighted by Gasteiger charge is -2.21. The molecule has 110 valence electrons. The zero-order valence-corrected chi connectivity index (χ0v) is 12.9. The van der Waals surface area contributed by atoms with Gasteiger partial charge < -0.3 is 10.6 Å². The minimum Gasteiger partial charge on any atom is -0.392 e. The monoisotopic (exact) mass is 368 g/mol. The number of thiocarbonyl (C=S) groups is 1. The molecule has 0 aliphatic carbocycles. The fraction of sp³-hybridized carbons (Fsp3) is 0.333. The molecule has 8 heteroatoms. The third kappa shape index (κ3) is 4.17. The number of alkyl halides is 3.